The van der Waals surface area contributed by atoms with Crippen LogP contribution in [0.5, 0.6) is 0 Å². The fourth-order valence-electron chi connectivity index (χ4n) is 1.26. The van der Waals surface area contributed by atoms with Crippen molar-refractivity contribution in [1.82, 2.24) is 4.98 Å². The molecule has 0 atom stereocenters. The van der Waals surface area contributed by atoms with E-state index in [-0.39, 0.29) is 3.70 Å². The molecule has 17 heavy (non-hydrogen) atoms. The minimum Gasteiger partial charge on any atom is -0.241 e. The number of nitriles is 1. The van der Waals surface area contributed by atoms with E-state index in [9.17, 15) is 22.0 Å². The highest BCUT2D eigenvalue weighted by atomic mass is 127. The summed E-state index contributed by atoms with van der Waals surface area (Å²) in [6, 6.07) is 2.09. The second-order valence-electron chi connectivity index (χ2n) is 2.99. The summed E-state index contributed by atoms with van der Waals surface area (Å²) in [5, 5.41) is 8.39. The van der Waals surface area contributed by atoms with Gasteiger partial charge < -0.3 is 0 Å². The molecule has 0 saturated carbocycles. The normalized spacial score (nSPS) is 11.6. The SMILES string of the molecule is N#CCc1c(C(F)(F)F)cc(I)nc1C(F)F. The van der Waals surface area contributed by atoms with Crippen LogP contribution < -0.4 is 0 Å². The van der Waals surface area contributed by atoms with Gasteiger partial charge in [0.25, 0.3) is 6.43 Å². The molecule has 0 fully saturated rings. The molecule has 0 N–H and O–H groups in total. The first-order valence-electron chi connectivity index (χ1n) is 4.19. The Kier molecular flexibility index (Phi) is 4.24. The van der Waals surface area contributed by atoms with Crippen molar-refractivity contribution in [2.24, 2.45) is 0 Å². The van der Waals surface area contributed by atoms with Gasteiger partial charge in [0.1, 0.15) is 9.39 Å². The van der Waals surface area contributed by atoms with Gasteiger partial charge in [0.05, 0.1) is 18.1 Å². The van der Waals surface area contributed by atoms with Gasteiger partial charge in [0.2, 0.25) is 0 Å². The van der Waals surface area contributed by atoms with Crippen LogP contribution in [0.25, 0.3) is 0 Å². The quantitative estimate of drug-likeness (QED) is 0.457. The summed E-state index contributed by atoms with van der Waals surface area (Å²) in [7, 11) is 0. The van der Waals surface area contributed by atoms with Crippen molar-refractivity contribution in [2.45, 2.75) is 19.0 Å². The highest BCUT2D eigenvalue weighted by molar-refractivity contribution is 14.1. The molecule has 0 unspecified atom stereocenters. The van der Waals surface area contributed by atoms with Crippen molar-refractivity contribution in [3.05, 3.63) is 26.6 Å². The molecule has 92 valence electrons. The molecule has 1 heterocycles. The van der Waals surface area contributed by atoms with Crippen LogP contribution in [0.2, 0.25) is 0 Å². The Hall–Kier alpha value is -0.980. The van der Waals surface area contributed by atoms with E-state index < -0.39 is 35.8 Å². The van der Waals surface area contributed by atoms with E-state index in [2.05, 4.69) is 4.98 Å². The lowest BCUT2D eigenvalue weighted by molar-refractivity contribution is -0.138. The van der Waals surface area contributed by atoms with E-state index in [0.29, 0.717) is 6.07 Å². The maximum Gasteiger partial charge on any atom is 0.416 e. The smallest absolute Gasteiger partial charge is 0.241 e. The number of rotatable bonds is 2. The van der Waals surface area contributed by atoms with Gasteiger partial charge in [-0.3, -0.25) is 0 Å². The number of pyridine rings is 1. The van der Waals surface area contributed by atoms with Crippen molar-refractivity contribution in [3.8, 4) is 6.07 Å². The van der Waals surface area contributed by atoms with Crippen LogP contribution in [0, 0.1) is 15.0 Å². The van der Waals surface area contributed by atoms with Gasteiger partial charge in [-0.2, -0.15) is 18.4 Å². The maximum atomic E-state index is 12.6. The van der Waals surface area contributed by atoms with Crippen LogP contribution in [-0.4, -0.2) is 4.98 Å². The van der Waals surface area contributed by atoms with Gasteiger partial charge in [0.15, 0.2) is 0 Å². The summed E-state index contributed by atoms with van der Waals surface area (Å²) in [4.78, 5) is 3.35. The van der Waals surface area contributed by atoms with E-state index in [4.69, 9.17) is 5.26 Å². The summed E-state index contributed by atoms with van der Waals surface area (Å²) < 4.78 is 62.8. The van der Waals surface area contributed by atoms with Gasteiger partial charge >= 0.3 is 6.18 Å². The van der Waals surface area contributed by atoms with Crippen LogP contribution in [-0.2, 0) is 12.6 Å². The Balaban J connectivity index is 3.53. The molecule has 8 heteroatoms. The molecular weight excluding hydrogens is 358 g/mol. The average molecular weight is 362 g/mol. The van der Waals surface area contributed by atoms with Gasteiger partial charge in [-0.15, -0.1) is 0 Å². The third kappa shape index (κ3) is 3.24. The van der Waals surface area contributed by atoms with Gasteiger partial charge in [0, 0.05) is 5.56 Å². The summed E-state index contributed by atoms with van der Waals surface area (Å²) in [6.07, 6.45) is -8.67. The fraction of sp³-hybridized carbons (Fsp3) is 0.333. The third-order valence-electron chi connectivity index (χ3n) is 1.89. The van der Waals surface area contributed by atoms with Gasteiger partial charge in [-0.25, -0.2) is 13.8 Å². The monoisotopic (exact) mass is 362 g/mol. The molecule has 1 aromatic heterocycles. The van der Waals surface area contributed by atoms with Crippen LogP contribution in [0.4, 0.5) is 22.0 Å². The highest BCUT2D eigenvalue weighted by Gasteiger charge is 2.36. The lowest BCUT2D eigenvalue weighted by Crippen LogP contribution is -2.14. The van der Waals surface area contributed by atoms with Crippen molar-refractivity contribution in [3.63, 3.8) is 0 Å². The van der Waals surface area contributed by atoms with Gasteiger partial charge in [-0.05, 0) is 28.7 Å². The molecule has 0 aliphatic heterocycles. The van der Waals surface area contributed by atoms with Crippen LogP contribution in [0.1, 0.15) is 23.2 Å². The Morgan fingerprint density at radius 3 is 2.41 bits per heavy atom. The molecule has 0 aliphatic carbocycles. The number of nitrogens with zero attached hydrogens (tertiary/aromatic N) is 2. The molecule has 0 amide bonds. The zero-order valence-electron chi connectivity index (χ0n) is 8.02. The molecular formula is C9H4F5IN2. The van der Waals surface area contributed by atoms with Crippen molar-refractivity contribution >= 4 is 22.6 Å². The molecule has 0 bridgehead atoms. The fourth-order valence-corrected chi connectivity index (χ4v) is 1.83. The van der Waals surface area contributed by atoms with E-state index in [0.717, 1.165) is 0 Å². The average Bonchev–Trinajstić information content (AvgIpc) is 2.18. The van der Waals surface area contributed by atoms with Crippen LogP contribution in [0.3, 0.4) is 0 Å². The summed E-state index contributed by atoms with van der Waals surface area (Å²) in [5.41, 5.74) is -2.96. The van der Waals surface area contributed by atoms with Crippen LogP contribution >= 0.6 is 22.6 Å². The first-order chi connectivity index (χ1) is 7.77. The zero-order valence-corrected chi connectivity index (χ0v) is 10.2. The molecule has 0 aromatic carbocycles. The van der Waals surface area contributed by atoms with E-state index in [1.807, 2.05) is 0 Å². The lowest BCUT2D eigenvalue weighted by atomic mass is 10.0. The predicted octanol–water partition coefficient (Wildman–Crippen LogP) is 3.71. The number of aromatic nitrogens is 1. The Morgan fingerprint density at radius 1 is 1.41 bits per heavy atom. The summed E-state index contributed by atoms with van der Waals surface area (Å²) in [5.74, 6) is 0. The molecule has 1 rings (SSSR count). The van der Waals surface area contributed by atoms with Crippen molar-refractivity contribution in [1.29, 1.82) is 5.26 Å². The largest absolute Gasteiger partial charge is 0.416 e. The molecule has 0 aliphatic rings. The standard InChI is InChI=1S/C9H4F5IN2/c10-8(11)7-4(1-2-16)5(9(12,13)14)3-6(15)17-7/h3,8H,1H2. The number of alkyl halides is 5. The Morgan fingerprint density at radius 2 is 2.00 bits per heavy atom. The second kappa shape index (κ2) is 5.12. The minimum absolute atomic E-state index is 0.188. The second-order valence-corrected chi connectivity index (χ2v) is 4.09. The molecule has 0 spiro atoms. The lowest BCUT2D eigenvalue weighted by Gasteiger charge is -2.14. The Bertz CT molecular complexity index is 464. The number of hydrogen-bond donors (Lipinski definition) is 0. The van der Waals surface area contributed by atoms with Crippen LogP contribution in [0.15, 0.2) is 6.07 Å². The topological polar surface area (TPSA) is 36.7 Å². The van der Waals surface area contributed by atoms with Gasteiger partial charge in [-0.1, -0.05) is 0 Å². The zero-order chi connectivity index (χ0) is 13.2. The van der Waals surface area contributed by atoms with E-state index >= 15 is 0 Å². The molecule has 1 aromatic rings. The van der Waals surface area contributed by atoms with Crippen molar-refractivity contribution < 1.29 is 22.0 Å². The predicted molar refractivity (Wildman–Crippen MR) is 56.2 cm³/mol. The summed E-state index contributed by atoms with van der Waals surface area (Å²) >= 11 is 1.42. The number of hydrogen-bond acceptors (Lipinski definition) is 2. The van der Waals surface area contributed by atoms with E-state index in [1.54, 1.807) is 0 Å². The summed E-state index contributed by atoms with van der Waals surface area (Å²) in [6.45, 7) is 0. The van der Waals surface area contributed by atoms with E-state index in [1.165, 1.54) is 28.7 Å². The highest BCUT2D eigenvalue weighted by Crippen LogP contribution is 2.36. The molecule has 0 saturated heterocycles. The third-order valence-corrected chi connectivity index (χ3v) is 2.45. The molecule has 0 radical (unpaired) electrons. The minimum atomic E-state index is -4.78. The molecule has 2 nitrogen and oxygen atoms in total. The Labute approximate surface area is 107 Å². The first-order valence-corrected chi connectivity index (χ1v) is 5.27. The number of halogens is 6. The maximum absolute atomic E-state index is 12.6. The first kappa shape index (κ1) is 14.1. The van der Waals surface area contributed by atoms with Crippen molar-refractivity contribution in [2.75, 3.05) is 0 Å².